The predicted octanol–water partition coefficient (Wildman–Crippen LogP) is 5.11. The number of likely N-dealkylation sites (N-methyl/N-ethyl adjacent to an activating group) is 2. The topological polar surface area (TPSA) is 84.2 Å². The minimum Gasteiger partial charge on any atom is -0.464 e. The van der Waals surface area contributed by atoms with Crippen molar-refractivity contribution in [1.29, 1.82) is 0 Å². The molecule has 4 heterocycles. The van der Waals surface area contributed by atoms with E-state index in [-0.39, 0.29) is 11.9 Å². The molecule has 2 aliphatic heterocycles. The number of aryl methyl sites for hydroxylation is 2. The zero-order chi connectivity index (χ0) is 32.8. The van der Waals surface area contributed by atoms with Crippen LogP contribution in [0.25, 0.3) is 21.8 Å². The van der Waals surface area contributed by atoms with Crippen molar-refractivity contribution in [2.45, 2.75) is 0 Å². The van der Waals surface area contributed by atoms with Crippen LogP contribution in [0.15, 0.2) is 36.4 Å². The summed E-state index contributed by atoms with van der Waals surface area (Å²) in [5.74, 6) is -0.708. The first kappa shape index (κ1) is 35.3. The number of nitrogens with zero attached hydrogens (tertiary/aromatic N) is 5. The van der Waals surface area contributed by atoms with E-state index < -0.39 is 0 Å². The fraction of sp³-hybridized carbons (Fsp3) is 0.438. The van der Waals surface area contributed by atoms with Gasteiger partial charge in [-0.2, -0.15) is 0 Å². The fourth-order valence-corrected chi connectivity index (χ4v) is 6.68. The Kier molecular flexibility index (Phi) is 12.4. The third kappa shape index (κ3) is 8.44. The molecule has 2 aliphatic rings. The van der Waals surface area contributed by atoms with Crippen LogP contribution >= 0.6 is 45.8 Å². The van der Waals surface area contributed by atoms with Crippen molar-refractivity contribution >= 4 is 85.2 Å². The smallest absolute Gasteiger partial charge is 0.354 e. The molecule has 244 valence electrons. The van der Waals surface area contributed by atoms with Gasteiger partial charge in [-0.1, -0.05) is 23.2 Å². The molecule has 10 nitrogen and oxygen atoms in total. The van der Waals surface area contributed by atoms with Crippen LogP contribution in [-0.2, 0) is 23.6 Å². The zero-order valence-electron chi connectivity index (χ0n) is 26.6. The van der Waals surface area contributed by atoms with E-state index in [1.165, 1.54) is 27.3 Å². The third-order valence-electron chi connectivity index (χ3n) is 8.17. The van der Waals surface area contributed by atoms with Gasteiger partial charge in [-0.15, -0.1) is 0 Å². The molecule has 0 radical (unpaired) electrons. The van der Waals surface area contributed by atoms with Crippen molar-refractivity contribution in [3.63, 3.8) is 0 Å². The average Bonchev–Trinajstić information content (AvgIpc) is 3.55. The number of halogens is 3. The van der Waals surface area contributed by atoms with Crippen LogP contribution in [0.2, 0.25) is 10.0 Å². The van der Waals surface area contributed by atoms with Crippen LogP contribution in [0, 0.1) is 3.57 Å². The first-order valence-corrected chi connectivity index (χ1v) is 16.5. The zero-order valence-corrected chi connectivity index (χ0v) is 30.3. The molecule has 0 spiro atoms. The summed E-state index contributed by atoms with van der Waals surface area (Å²) >= 11 is 14.8. The van der Waals surface area contributed by atoms with Crippen molar-refractivity contribution in [2.75, 3.05) is 85.6 Å². The summed E-state index contributed by atoms with van der Waals surface area (Å²) in [7, 11) is 10.7. The Labute approximate surface area is 288 Å². The number of hydrogen-bond acceptors (Lipinski definition) is 8. The molecule has 4 aromatic rings. The molecule has 0 saturated carbocycles. The lowest BCUT2D eigenvalue weighted by atomic mass is 10.2. The normalized spacial score (nSPS) is 15.7. The predicted molar refractivity (Wildman–Crippen MR) is 191 cm³/mol. The SMILES string of the molecule is CN1CCNCC1.COC(=O)c1cc2c(Cl)cc(I)cc2n1C.COC(=O)c1cc2c(Cl)cc(N3CCN(C)CC3)cc2n1C. The van der Waals surface area contributed by atoms with Crippen molar-refractivity contribution in [2.24, 2.45) is 14.1 Å². The maximum absolute atomic E-state index is 11.8. The van der Waals surface area contributed by atoms with Crippen molar-refractivity contribution in [1.82, 2.24) is 24.3 Å². The second-order valence-electron chi connectivity index (χ2n) is 11.2. The van der Waals surface area contributed by atoms with Gasteiger partial charge in [0.25, 0.3) is 0 Å². The number of methoxy groups -OCH3 is 2. The number of benzene rings is 2. The molecule has 1 N–H and O–H groups in total. The average molecular weight is 772 g/mol. The molecule has 0 atom stereocenters. The molecule has 13 heteroatoms. The van der Waals surface area contributed by atoms with Crippen LogP contribution in [0.1, 0.15) is 21.0 Å². The summed E-state index contributed by atoms with van der Waals surface area (Å²) in [6.45, 7) is 8.78. The van der Waals surface area contributed by atoms with Gasteiger partial charge < -0.3 is 38.6 Å². The molecule has 2 saturated heterocycles. The molecule has 0 aliphatic carbocycles. The van der Waals surface area contributed by atoms with E-state index in [1.54, 1.807) is 16.7 Å². The number of anilines is 1. The molecule has 2 fully saturated rings. The Morgan fingerprint density at radius 2 is 1.16 bits per heavy atom. The Hall–Kier alpha value is -2.55. The number of fused-ring (bicyclic) bond motifs is 2. The van der Waals surface area contributed by atoms with E-state index in [9.17, 15) is 9.59 Å². The number of rotatable bonds is 3. The van der Waals surface area contributed by atoms with Crippen molar-refractivity contribution in [3.8, 4) is 0 Å². The first-order valence-electron chi connectivity index (χ1n) is 14.7. The van der Waals surface area contributed by atoms with Crippen LogP contribution < -0.4 is 10.2 Å². The number of nitrogens with one attached hydrogen (secondary N) is 1. The van der Waals surface area contributed by atoms with Crippen LogP contribution in [0.3, 0.4) is 0 Å². The van der Waals surface area contributed by atoms with Crippen LogP contribution in [0.4, 0.5) is 5.69 Å². The van der Waals surface area contributed by atoms with Crippen molar-refractivity contribution in [3.05, 3.63) is 61.4 Å². The van der Waals surface area contributed by atoms with Crippen molar-refractivity contribution < 1.29 is 19.1 Å². The molecule has 2 aromatic carbocycles. The number of esters is 2. The van der Waals surface area contributed by atoms with Gasteiger partial charge in [0.1, 0.15) is 11.4 Å². The van der Waals surface area contributed by atoms with Gasteiger partial charge in [-0.25, -0.2) is 9.59 Å². The summed E-state index contributed by atoms with van der Waals surface area (Å²) in [5.41, 5.74) is 3.98. The highest BCUT2D eigenvalue weighted by Gasteiger charge is 2.20. The van der Waals surface area contributed by atoms with Crippen LogP contribution in [-0.4, -0.2) is 112 Å². The second kappa shape index (κ2) is 15.8. The van der Waals surface area contributed by atoms with E-state index in [4.69, 9.17) is 32.7 Å². The van der Waals surface area contributed by atoms with Gasteiger partial charge in [0.15, 0.2) is 0 Å². The van der Waals surface area contributed by atoms with Gasteiger partial charge in [0.2, 0.25) is 0 Å². The van der Waals surface area contributed by atoms with E-state index in [0.717, 1.165) is 70.3 Å². The highest BCUT2D eigenvalue weighted by molar-refractivity contribution is 14.1. The van der Waals surface area contributed by atoms with E-state index >= 15 is 0 Å². The Morgan fingerprint density at radius 1 is 0.689 bits per heavy atom. The monoisotopic (exact) mass is 770 g/mol. The maximum Gasteiger partial charge on any atom is 0.354 e. The number of carbonyl (C=O) groups is 2. The lowest BCUT2D eigenvalue weighted by Crippen LogP contribution is -2.44. The molecule has 2 aromatic heterocycles. The molecule has 0 amide bonds. The van der Waals surface area contributed by atoms with Gasteiger partial charge in [-0.05, 0) is 73.1 Å². The lowest BCUT2D eigenvalue weighted by Gasteiger charge is -2.34. The fourth-order valence-electron chi connectivity index (χ4n) is 5.35. The molecule has 45 heavy (non-hydrogen) atoms. The maximum atomic E-state index is 11.8. The number of piperazine rings is 2. The van der Waals surface area contributed by atoms with E-state index in [0.29, 0.717) is 21.4 Å². The molecular weight excluding hydrogens is 730 g/mol. The number of hydrogen-bond donors (Lipinski definition) is 1. The summed E-state index contributed by atoms with van der Waals surface area (Å²) < 4.78 is 14.2. The molecule has 0 bridgehead atoms. The van der Waals surface area contributed by atoms with Gasteiger partial charge in [0, 0.05) is 86.5 Å². The molecule has 0 unspecified atom stereocenters. The number of aromatic nitrogens is 2. The first-order chi connectivity index (χ1) is 21.4. The minimum absolute atomic E-state index is 0.351. The summed E-state index contributed by atoms with van der Waals surface area (Å²) in [4.78, 5) is 30.3. The summed E-state index contributed by atoms with van der Waals surface area (Å²) in [5, 5.41) is 6.33. The number of carbonyl (C=O) groups excluding carboxylic acids is 2. The Bertz CT molecular complexity index is 1660. The standard InChI is InChI=1S/C16H20ClN3O2.C11H9ClINO2.C5H12N2/c1-18-4-6-20(7-5-18)11-8-13(17)12-10-15(16(21)22-3)19(2)14(12)9-11;1-14-9-4-6(13)3-8(12)7(9)5-10(14)11(15)16-2;1-7-4-2-6-3-5-7/h8-10H,4-7H2,1-3H3;3-5H,1-2H3;6H,2-5H2,1H3. The number of ether oxygens (including phenoxy) is 2. The largest absolute Gasteiger partial charge is 0.464 e. The lowest BCUT2D eigenvalue weighted by molar-refractivity contribution is 0.0581. The summed E-state index contributed by atoms with van der Waals surface area (Å²) in [6.07, 6.45) is 0. The molecular formula is C32H41Cl2IN6O4. The van der Waals surface area contributed by atoms with Gasteiger partial charge in [-0.3, -0.25) is 0 Å². The highest BCUT2D eigenvalue weighted by atomic mass is 127. The van der Waals surface area contributed by atoms with Gasteiger partial charge in [0.05, 0.1) is 35.3 Å². The van der Waals surface area contributed by atoms with E-state index in [1.807, 2.05) is 36.9 Å². The third-order valence-corrected chi connectivity index (χ3v) is 9.42. The quantitative estimate of drug-likeness (QED) is 0.228. The van der Waals surface area contributed by atoms with Gasteiger partial charge >= 0.3 is 11.9 Å². The highest BCUT2D eigenvalue weighted by Crippen LogP contribution is 2.33. The summed E-state index contributed by atoms with van der Waals surface area (Å²) in [6, 6.07) is 11.5. The molecule has 6 rings (SSSR count). The van der Waals surface area contributed by atoms with E-state index in [2.05, 4.69) is 62.8 Å². The van der Waals surface area contributed by atoms with Crippen LogP contribution in [0.5, 0.6) is 0 Å². The minimum atomic E-state index is -0.357. The second-order valence-corrected chi connectivity index (χ2v) is 13.2. The Morgan fingerprint density at radius 3 is 1.62 bits per heavy atom. The Balaban J connectivity index is 0.000000174.